The summed E-state index contributed by atoms with van der Waals surface area (Å²) in [4.78, 5) is 12.4. The van der Waals surface area contributed by atoms with Crippen LogP contribution >= 0.6 is 34.8 Å². The zero-order chi connectivity index (χ0) is 27.4. The molecule has 0 aliphatic rings. The van der Waals surface area contributed by atoms with Gasteiger partial charge in [-0.05, 0) is 55.3 Å². The molecule has 0 saturated carbocycles. The second kappa shape index (κ2) is 12.0. The number of halogens is 10. The maximum atomic E-state index is 14.9. The molecule has 2 aromatic rings. The van der Waals surface area contributed by atoms with E-state index in [0.29, 0.717) is 6.08 Å². The predicted molar refractivity (Wildman–Crippen MR) is 126 cm³/mol. The van der Waals surface area contributed by atoms with Crippen LogP contribution in [0.3, 0.4) is 0 Å². The average molecular weight is 580 g/mol. The van der Waals surface area contributed by atoms with Crippen molar-refractivity contribution >= 4 is 46.5 Å². The van der Waals surface area contributed by atoms with Gasteiger partial charge in [-0.1, -0.05) is 40.9 Å². The van der Waals surface area contributed by atoms with Gasteiger partial charge in [0.15, 0.2) is 0 Å². The Morgan fingerprint density at radius 2 is 1.61 bits per heavy atom. The van der Waals surface area contributed by atoms with Gasteiger partial charge >= 0.3 is 12.4 Å². The zero-order valence-corrected chi connectivity index (χ0v) is 21.0. The molecule has 0 heterocycles. The van der Waals surface area contributed by atoms with Crippen molar-refractivity contribution in [3.8, 4) is 0 Å². The third-order valence-electron chi connectivity index (χ3n) is 4.93. The van der Waals surface area contributed by atoms with Crippen molar-refractivity contribution in [1.82, 2.24) is 10.6 Å². The molecule has 0 aliphatic heterocycles. The fraction of sp³-hybridized carbons (Fsp3) is 0.348. The Kier molecular flexibility index (Phi) is 10.1. The second-order valence-electron chi connectivity index (χ2n) is 7.98. The van der Waals surface area contributed by atoms with Gasteiger partial charge in [-0.3, -0.25) is 4.79 Å². The van der Waals surface area contributed by atoms with Crippen LogP contribution in [0.5, 0.6) is 0 Å². The number of carbonyl (C=O) groups excluding carboxylic acids is 1. The van der Waals surface area contributed by atoms with Gasteiger partial charge in [0.2, 0.25) is 0 Å². The molecule has 0 fully saturated rings. The quantitative estimate of drug-likeness (QED) is 0.247. The maximum absolute atomic E-state index is 14.9. The fourth-order valence-corrected chi connectivity index (χ4v) is 3.84. The lowest BCUT2D eigenvalue weighted by atomic mass is 9.95. The van der Waals surface area contributed by atoms with Gasteiger partial charge in [0.1, 0.15) is 11.7 Å². The molecule has 2 atom stereocenters. The fourth-order valence-electron chi connectivity index (χ4n) is 3.23. The van der Waals surface area contributed by atoms with Crippen molar-refractivity contribution in [3.63, 3.8) is 0 Å². The number of amides is 1. The Hall–Kier alpha value is -2.01. The third-order valence-corrected chi connectivity index (χ3v) is 6.13. The van der Waals surface area contributed by atoms with Crippen molar-refractivity contribution in [3.05, 3.63) is 73.7 Å². The van der Waals surface area contributed by atoms with E-state index in [-0.39, 0.29) is 38.3 Å². The lowest BCUT2D eigenvalue weighted by molar-refractivity contribution is -0.139. The number of aryl methyl sites for hydroxylation is 1. The summed E-state index contributed by atoms with van der Waals surface area (Å²) in [5.74, 6) is -4.24. The topological polar surface area (TPSA) is 41.1 Å². The lowest BCUT2D eigenvalue weighted by Gasteiger charge is -2.19. The summed E-state index contributed by atoms with van der Waals surface area (Å²) in [5.41, 5.74) is -0.315. The first-order valence-electron chi connectivity index (χ1n) is 10.3. The first kappa shape index (κ1) is 30.2. The minimum atomic E-state index is -4.89. The number of hydrogen-bond donors (Lipinski definition) is 2. The van der Waals surface area contributed by atoms with Crippen LogP contribution in [0.15, 0.2) is 36.4 Å². The first-order valence-corrected chi connectivity index (χ1v) is 11.4. The molecule has 1 unspecified atom stereocenters. The van der Waals surface area contributed by atoms with Crippen LogP contribution in [-0.2, 0) is 0 Å². The average Bonchev–Trinajstić information content (AvgIpc) is 2.73. The molecule has 0 aliphatic carbocycles. The Bertz CT molecular complexity index is 1110. The monoisotopic (exact) mass is 578 g/mol. The van der Waals surface area contributed by atoms with Gasteiger partial charge in [0, 0.05) is 23.7 Å². The highest BCUT2D eigenvalue weighted by molar-refractivity contribution is 6.48. The van der Waals surface area contributed by atoms with E-state index in [4.69, 9.17) is 34.8 Å². The number of hydrogen-bond acceptors (Lipinski definition) is 2. The predicted octanol–water partition coefficient (Wildman–Crippen LogP) is 7.88. The molecule has 2 rings (SSSR count). The van der Waals surface area contributed by atoms with Gasteiger partial charge in [-0.15, -0.1) is 0 Å². The SMILES string of the molecule is Cc1cc(/C(F)=C/C(c2cc(Cl)c(Cl)c(Cl)c2)C(F)(F)F)ccc1C(=O)N[C@H](C)CNCC(F)(F)F. The molecule has 36 heavy (non-hydrogen) atoms. The normalized spacial score (nSPS) is 14.5. The highest BCUT2D eigenvalue weighted by Crippen LogP contribution is 2.42. The number of benzene rings is 2. The van der Waals surface area contributed by atoms with Crippen LogP contribution in [-0.4, -0.2) is 37.4 Å². The molecular weight excluding hydrogens is 560 g/mol. The summed E-state index contributed by atoms with van der Waals surface area (Å²) in [6.07, 6.45) is -8.92. The van der Waals surface area contributed by atoms with Crippen LogP contribution < -0.4 is 10.6 Å². The van der Waals surface area contributed by atoms with Gasteiger partial charge < -0.3 is 10.6 Å². The number of nitrogens with one attached hydrogen (secondary N) is 2. The second-order valence-corrected chi connectivity index (χ2v) is 9.18. The van der Waals surface area contributed by atoms with Crippen molar-refractivity contribution < 1.29 is 35.5 Å². The highest BCUT2D eigenvalue weighted by atomic mass is 35.5. The minimum absolute atomic E-state index is 0.0813. The summed E-state index contributed by atoms with van der Waals surface area (Å²) in [7, 11) is 0. The number of carbonyl (C=O) groups is 1. The molecule has 0 radical (unpaired) electrons. The summed E-state index contributed by atoms with van der Waals surface area (Å²) in [5, 5.41) is 4.07. The molecule has 2 N–H and O–H groups in total. The highest BCUT2D eigenvalue weighted by Gasteiger charge is 2.40. The summed E-state index contributed by atoms with van der Waals surface area (Å²) < 4.78 is 92.7. The molecule has 0 spiro atoms. The van der Waals surface area contributed by atoms with Gasteiger partial charge in [-0.25, -0.2) is 4.39 Å². The molecule has 13 heteroatoms. The van der Waals surface area contributed by atoms with Crippen LogP contribution in [0.2, 0.25) is 15.1 Å². The van der Waals surface area contributed by atoms with Crippen molar-refractivity contribution in [2.45, 2.75) is 38.2 Å². The Balaban J connectivity index is 2.24. The molecular formula is C23H20Cl3F7N2O. The van der Waals surface area contributed by atoms with Crippen molar-refractivity contribution in [2.75, 3.05) is 13.1 Å². The van der Waals surface area contributed by atoms with Crippen LogP contribution in [0.4, 0.5) is 30.7 Å². The molecule has 0 aromatic heterocycles. The van der Waals surface area contributed by atoms with Gasteiger partial charge in [0.25, 0.3) is 5.91 Å². The Labute approximate surface area is 217 Å². The van der Waals surface area contributed by atoms with E-state index in [9.17, 15) is 35.5 Å². The molecule has 2 aromatic carbocycles. The van der Waals surface area contributed by atoms with E-state index in [1.54, 1.807) is 0 Å². The maximum Gasteiger partial charge on any atom is 0.401 e. The molecule has 1 amide bonds. The van der Waals surface area contributed by atoms with E-state index in [2.05, 4.69) is 10.6 Å². The molecule has 0 saturated heterocycles. The van der Waals surface area contributed by atoms with E-state index < -0.39 is 48.2 Å². The lowest BCUT2D eigenvalue weighted by Crippen LogP contribution is -2.42. The van der Waals surface area contributed by atoms with Crippen LogP contribution in [0.25, 0.3) is 5.83 Å². The van der Waals surface area contributed by atoms with E-state index in [0.717, 1.165) is 18.2 Å². The Morgan fingerprint density at radius 1 is 1.03 bits per heavy atom. The number of rotatable bonds is 8. The van der Waals surface area contributed by atoms with E-state index >= 15 is 0 Å². The zero-order valence-electron chi connectivity index (χ0n) is 18.7. The summed E-state index contributed by atoms with van der Waals surface area (Å²) in [6, 6.07) is 4.74. The van der Waals surface area contributed by atoms with E-state index in [1.807, 2.05) is 0 Å². The molecule has 3 nitrogen and oxygen atoms in total. The van der Waals surface area contributed by atoms with Gasteiger partial charge in [-0.2, -0.15) is 26.3 Å². The van der Waals surface area contributed by atoms with Crippen molar-refractivity contribution in [2.24, 2.45) is 0 Å². The minimum Gasteiger partial charge on any atom is -0.348 e. The molecule has 198 valence electrons. The number of allylic oxidation sites excluding steroid dienone is 1. The third kappa shape index (κ3) is 8.54. The smallest absolute Gasteiger partial charge is 0.348 e. The summed E-state index contributed by atoms with van der Waals surface area (Å²) >= 11 is 17.4. The van der Waals surface area contributed by atoms with Crippen LogP contribution in [0.1, 0.15) is 39.9 Å². The van der Waals surface area contributed by atoms with Gasteiger partial charge in [0.05, 0.1) is 21.6 Å². The molecule has 0 bridgehead atoms. The first-order chi connectivity index (χ1) is 16.5. The Morgan fingerprint density at radius 3 is 2.11 bits per heavy atom. The largest absolute Gasteiger partial charge is 0.401 e. The standard InChI is InChI=1S/C23H20Cl3F7N2O/c1-11-5-13(3-4-15(11)21(36)35-12(2)9-34-10-22(28,29)30)19(27)8-16(23(31,32)33)14-6-17(24)20(26)18(25)7-14/h3-8,12,16,34H,9-10H2,1-2H3,(H,35,36)/b19-8-/t12-,16?/m1/s1. The van der Waals surface area contributed by atoms with Crippen LogP contribution in [0, 0.1) is 6.92 Å². The van der Waals surface area contributed by atoms with E-state index in [1.165, 1.54) is 26.0 Å². The number of alkyl halides is 6. The van der Waals surface area contributed by atoms with Crippen molar-refractivity contribution in [1.29, 1.82) is 0 Å². The summed E-state index contributed by atoms with van der Waals surface area (Å²) in [6.45, 7) is 1.55.